The van der Waals surface area contributed by atoms with Crippen LogP contribution in [0.15, 0.2) is 47.5 Å². The number of carbonyl (C=O) groups is 2. The lowest BCUT2D eigenvalue weighted by atomic mass is 10.1. The van der Waals surface area contributed by atoms with E-state index in [9.17, 15) is 31.2 Å². The maximum Gasteiger partial charge on any atom is 0.416 e. The lowest BCUT2D eigenvalue weighted by molar-refractivity contribution is -0.138. The molecule has 15 heteroatoms. The van der Waals surface area contributed by atoms with Crippen molar-refractivity contribution in [3.05, 3.63) is 69.2 Å². The Morgan fingerprint density at radius 3 is 2.51 bits per heavy atom. The van der Waals surface area contributed by atoms with E-state index in [0.717, 1.165) is 27.0 Å². The molecule has 206 valence electrons. The van der Waals surface area contributed by atoms with E-state index in [2.05, 4.69) is 5.10 Å². The molecule has 2 aromatic carbocycles. The number of aromatic nitrogens is 2. The van der Waals surface area contributed by atoms with E-state index < -0.39 is 39.1 Å². The zero-order valence-corrected chi connectivity index (χ0v) is 22.4. The van der Waals surface area contributed by atoms with Crippen molar-refractivity contribution in [1.29, 1.82) is 0 Å². The summed E-state index contributed by atoms with van der Waals surface area (Å²) in [4.78, 5) is 27.1. The van der Waals surface area contributed by atoms with Crippen LogP contribution >= 0.6 is 23.4 Å². The van der Waals surface area contributed by atoms with E-state index in [4.69, 9.17) is 16.7 Å². The van der Waals surface area contributed by atoms with Crippen LogP contribution in [0.5, 0.6) is 0 Å². The lowest BCUT2D eigenvalue weighted by Crippen LogP contribution is -2.49. The molecule has 3 heterocycles. The Bertz CT molecular complexity index is 1620. The Balaban J connectivity index is 1.34. The van der Waals surface area contributed by atoms with Crippen LogP contribution in [-0.2, 0) is 27.7 Å². The van der Waals surface area contributed by atoms with E-state index in [-0.39, 0.29) is 48.0 Å². The summed E-state index contributed by atoms with van der Waals surface area (Å²) >= 11 is 6.57. The quantitative estimate of drug-likeness (QED) is 0.433. The number of benzene rings is 2. The minimum atomic E-state index is -4.57. The van der Waals surface area contributed by atoms with Gasteiger partial charge in [0.25, 0.3) is 21.4 Å². The summed E-state index contributed by atoms with van der Waals surface area (Å²) in [5.41, 5.74) is 0.384. The molecule has 5 rings (SSSR count). The standard InChI is InChI=1S/C24H21ClF3N5O4S2/c25-17-3-2-15(19(11-17)24(26,27)28)13-32-20-4-1-14(9-16(20)12-30-32)10-21-22(34)33(23(35)38-21)18-5-7-31(8-6-18)39(29,36)37/h1-4,9-12,18H,5-8,13H2,(H2,29,36,37). The maximum absolute atomic E-state index is 13.5. The van der Waals surface area contributed by atoms with Crippen LogP contribution in [0.1, 0.15) is 29.5 Å². The first-order valence-electron chi connectivity index (χ1n) is 11.7. The second-order valence-corrected chi connectivity index (χ2v) is 12.1. The predicted octanol–water partition coefficient (Wildman–Crippen LogP) is 4.46. The average Bonchev–Trinajstić information content (AvgIpc) is 3.38. The van der Waals surface area contributed by atoms with Gasteiger partial charge in [-0.3, -0.25) is 19.2 Å². The first-order valence-corrected chi connectivity index (χ1v) is 14.4. The average molecular weight is 600 g/mol. The van der Waals surface area contributed by atoms with E-state index in [0.29, 0.717) is 16.5 Å². The van der Waals surface area contributed by atoms with Crippen molar-refractivity contribution < 1.29 is 31.2 Å². The normalized spacial score (nSPS) is 19.1. The largest absolute Gasteiger partial charge is 0.416 e. The molecule has 0 atom stereocenters. The predicted molar refractivity (Wildman–Crippen MR) is 141 cm³/mol. The van der Waals surface area contributed by atoms with Crippen molar-refractivity contribution in [2.75, 3.05) is 13.1 Å². The number of piperidine rings is 1. The minimum absolute atomic E-state index is 0.0144. The monoisotopic (exact) mass is 599 g/mol. The summed E-state index contributed by atoms with van der Waals surface area (Å²) < 4.78 is 66.1. The van der Waals surface area contributed by atoms with Gasteiger partial charge in [0.2, 0.25) is 0 Å². The summed E-state index contributed by atoms with van der Waals surface area (Å²) in [6, 6.07) is 8.27. The molecule has 0 saturated carbocycles. The molecule has 0 unspecified atom stereocenters. The van der Waals surface area contributed by atoms with Gasteiger partial charge in [-0.05, 0) is 66.1 Å². The van der Waals surface area contributed by atoms with Gasteiger partial charge in [0.05, 0.1) is 28.7 Å². The molecule has 2 amide bonds. The second kappa shape index (κ2) is 10.2. The van der Waals surface area contributed by atoms with Gasteiger partial charge in [-0.25, -0.2) is 5.14 Å². The van der Waals surface area contributed by atoms with Crippen LogP contribution in [0.3, 0.4) is 0 Å². The number of thioether (sulfide) groups is 1. The zero-order chi connectivity index (χ0) is 28.1. The highest BCUT2D eigenvalue weighted by atomic mass is 35.5. The summed E-state index contributed by atoms with van der Waals surface area (Å²) in [6.07, 6.45) is -0.908. The number of hydrogen-bond acceptors (Lipinski definition) is 6. The van der Waals surface area contributed by atoms with E-state index in [1.54, 1.807) is 24.3 Å². The van der Waals surface area contributed by atoms with Crippen molar-refractivity contribution >= 4 is 61.7 Å². The van der Waals surface area contributed by atoms with Gasteiger partial charge in [0, 0.05) is 29.5 Å². The molecule has 3 aromatic rings. The highest BCUT2D eigenvalue weighted by Gasteiger charge is 2.41. The molecule has 2 aliphatic heterocycles. The van der Waals surface area contributed by atoms with Crippen LogP contribution in [0.25, 0.3) is 17.0 Å². The number of hydrogen-bond donors (Lipinski definition) is 1. The van der Waals surface area contributed by atoms with Crippen molar-refractivity contribution in [3.8, 4) is 0 Å². The van der Waals surface area contributed by atoms with Gasteiger partial charge in [0.1, 0.15) is 0 Å². The molecule has 2 fully saturated rings. The van der Waals surface area contributed by atoms with Gasteiger partial charge in [0.15, 0.2) is 0 Å². The fourth-order valence-corrected chi connectivity index (χ4v) is 6.52. The van der Waals surface area contributed by atoms with Crippen molar-refractivity contribution in [3.63, 3.8) is 0 Å². The smallest absolute Gasteiger partial charge is 0.268 e. The third-order valence-electron chi connectivity index (χ3n) is 6.63. The summed E-state index contributed by atoms with van der Waals surface area (Å²) in [7, 11) is -3.83. The number of fused-ring (bicyclic) bond motifs is 1. The SMILES string of the molecule is NS(=O)(=O)N1CCC(N2C(=O)SC(=Cc3ccc4c(cnn4Cc4ccc(Cl)cc4C(F)(F)F)c3)C2=O)CC1. The van der Waals surface area contributed by atoms with Crippen LogP contribution in [0.2, 0.25) is 5.02 Å². The number of imide groups is 1. The van der Waals surface area contributed by atoms with E-state index >= 15 is 0 Å². The van der Waals surface area contributed by atoms with Crippen molar-refractivity contribution in [1.82, 2.24) is 19.0 Å². The zero-order valence-electron chi connectivity index (χ0n) is 20.1. The highest BCUT2D eigenvalue weighted by Crippen LogP contribution is 2.37. The van der Waals surface area contributed by atoms with Crippen LogP contribution in [-0.4, -0.2) is 57.7 Å². The minimum Gasteiger partial charge on any atom is -0.268 e. The van der Waals surface area contributed by atoms with Crippen LogP contribution in [0.4, 0.5) is 18.0 Å². The van der Waals surface area contributed by atoms with Gasteiger partial charge >= 0.3 is 6.18 Å². The lowest BCUT2D eigenvalue weighted by Gasteiger charge is -2.33. The number of alkyl halides is 3. The molecule has 0 spiro atoms. The first kappa shape index (κ1) is 27.6. The Kier molecular flexibility index (Phi) is 7.26. The third kappa shape index (κ3) is 5.70. The third-order valence-corrected chi connectivity index (χ3v) is 8.84. The fourth-order valence-electron chi connectivity index (χ4n) is 4.73. The van der Waals surface area contributed by atoms with Crippen molar-refractivity contribution in [2.24, 2.45) is 5.14 Å². The Labute approximate surface area is 230 Å². The fraction of sp³-hybridized carbons (Fsp3) is 0.292. The van der Waals surface area contributed by atoms with Gasteiger partial charge in [-0.1, -0.05) is 23.7 Å². The number of amides is 2. The number of nitrogens with zero attached hydrogens (tertiary/aromatic N) is 4. The molecule has 39 heavy (non-hydrogen) atoms. The molecule has 1 aromatic heterocycles. The van der Waals surface area contributed by atoms with E-state index in [1.165, 1.54) is 23.0 Å². The molecule has 2 saturated heterocycles. The first-order chi connectivity index (χ1) is 18.3. The molecule has 9 nitrogen and oxygen atoms in total. The Morgan fingerprint density at radius 1 is 1.13 bits per heavy atom. The Morgan fingerprint density at radius 2 is 1.85 bits per heavy atom. The summed E-state index contributed by atoms with van der Waals surface area (Å²) in [6.45, 7) is 0.106. The number of nitrogens with two attached hydrogens (primary N) is 1. The Hall–Kier alpha value is -2.91. The number of halogens is 4. The topological polar surface area (TPSA) is 119 Å². The second-order valence-electron chi connectivity index (χ2n) is 9.15. The molecule has 0 radical (unpaired) electrons. The van der Waals surface area contributed by atoms with Crippen LogP contribution < -0.4 is 5.14 Å². The molecule has 0 bridgehead atoms. The summed E-state index contributed by atoms with van der Waals surface area (Å²) in [5, 5.41) is 9.59. The van der Waals surface area contributed by atoms with Crippen LogP contribution in [0, 0.1) is 0 Å². The molecule has 0 aliphatic carbocycles. The molecule has 2 aliphatic rings. The molecule has 2 N–H and O–H groups in total. The summed E-state index contributed by atoms with van der Waals surface area (Å²) in [5.74, 6) is -0.461. The number of carbonyl (C=O) groups excluding carboxylic acids is 2. The highest BCUT2D eigenvalue weighted by molar-refractivity contribution is 8.18. The van der Waals surface area contributed by atoms with Gasteiger partial charge < -0.3 is 0 Å². The van der Waals surface area contributed by atoms with E-state index in [1.807, 2.05) is 0 Å². The van der Waals surface area contributed by atoms with Crippen molar-refractivity contribution in [2.45, 2.75) is 31.6 Å². The number of rotatable bonds is 5. The molecular weight excluding hydrogens is 579 g/mol. The maximum atomic E-state index is 13.5. The van der Waals surface area contributed by atoms with Gasteiger partial charge in [-0.2, -0.15) is 31.0 Å². The molecular formula is C24H21ClF3N5O4S2. The van der Waals surface area contributed by atoms with Gasteiger partial charge in [-0.15, -0.1) is 0 Å².